The third-order valence-corrected chi connectivity index (χ3v) is 7.25. The maximum absolute atomic E-state index is 14.9. The van der Waals surface area contributed by atoms with Gasteiger partial charge in [-0.2, -0.15) is 13.2 Å². The first-order valence-corrected chi connectivity index (χ1v) is 11.2. The fourth-order valence-electron chi connectivity index (χ4n) is 5.62. The molecule has 1 aromatic carbocycles. The Kier molecular flexibility index (Phi) is 5.41. The van der Waals surface area contributed by atoms with E-state index < -0.39 is 30.0 Å². The highest BCUT2D eigenvalue weighted by atomic mass is 19.4. The van der Waals surface area contributed by atoms with Gasteiger partial charge in [0.2, 0.25) is 0 Å². The summed E-state index contributed by atoms with van der Waals surface area (Å²) in [6, 6.07) is 3.46. The number of pyridine rings is 1. The van der Waals surface area contributed by atoms with Gasteiger partial charge in [-0.3, -0.25) is 4.98 Å². The molecule has 2 heterocycles. The molecule has 0 radical (unpaired) electrons. The molecule has 180 valence electrons. The van der Waals surface area contributed by atoms with Crippen LogP contribution in [0.3, 0.4) is 0 Å². The van der Waals surface area contributed by atoms with Gasteiger partial charge >= 0.3 is 6.18 Å². The van der Waals surface area contributed by atoms with Gasteiger partial charge in [0.15, 0.2) is 11.6 Å². The van der Waals surface area contributed by atoms with Crippen molar-refractivity contribution in [1.82, 2.24) is 9.97 Å². The molecule has 2 fully saturated rings. The minimum Gasteiger partial charge on any atom is -0.359 e. The number of nitrogens with zero attached hydrogens (tertiary/aromatic N) is 1. The summed E-state index contributed by atoms with van der Waals surface area (Å²) in [6.45, 7) is 3.91. The third-order valence-electron chi connectivity index (χ3n) is 7.25. The standard InChI is InChI=1S/C25H23F6N3/c1-13(34-22-12-32-21-6-19(27)18(26)5-17(21)22)15-4-20(28)23(33-11-15)16-9-24(10-16)7-14(8-24)2-3-25(29,30)31/h4-6,11-12,14,16,32,34H,1-3,7-10H2. The van der Waals surface area contributed by atoms with Crippen LogP contribution in [-0.4, -0.2) is 16.1 Å². The van der Waals surface area contributed by atoms with Crippen LogP contribution in [-0.2, 0) is 0 Å². The SMILES string of the molecule is C=C(Nc1c[nH]c2cc(F)c(F)cc12)c1cnc(C2CC3(CC(CCC(F)(F)F)C3)C2)c(F)c1. The summed E-state index contributed by atoms with van der Waals surface area (Å²) >= 11 is 0. The smallest absolute Gasteiger partial charge is 0.359 e. The van der Waals surface area contributed by atoms with E-state index in [1.54, 1.807) is 6.20 Å². The summed E-state index contributed by atoms with van der Waals surface area (Å²) in [6.07, 6.45) is 1.42. The highest BCUT2D eigenvalue weighted by Gasteiger charge is 2.54. The van der Waals surface area contributed by atoms with Gasteiger partial charge < -0.3 is 10.3 Å². The minimum absolute atomic E-state index is 0.0367. The Balaban J connectivity index is 1.20. The predicted octanol–water partition coefficient (Wildman–Crippen LogP) is 7.68. The van der Waals surface area contributed by atoms with E-state index in [0.717, 1.165) is 37.8 Å². The summed E-state index contributed by atoms with van der Waals surface area (Å²) in [7, 11) is 0. The van der Waals surface area contributed by atoms with Crippen LogP contribution in [0.1, 0.15) is 55.7 Å². The number of benzene rings is 1. The lowest BCUT2D eigenvalue weighted by Gasteiger charge is -2.58. The Morgan fingerprint density at radius 1 is 1.06 bits per heavy atom. The number of aromatic amines is 1. The van der Waals surface area contributed by atoms with Crippen molar-refractivity contribution < 1.29 is 26.3 Å². The first-order chi connectivity index (χ1) is 16.0. The number of hydrogen-bond donors (Lipinski definition) is 2. The maximum Gasteiger partial charge on any atom is 0.389 e. The first kappa shape index (κ1) is 22.8. The zero-order valence-electron chi connectivity index (χ0n) is 18.2. The Morgan fingerprint density at radius 2 is 1.76 bits per heavy atom. The molecule has 3 aromatic rings. The topological polar surface area (TPSA) is 40.7 Å². The minimum atomic E-state index is -4.11. The van der Waals surface area contributed by atoms with Gasteiger partial charge in [-0.25, -0.2) is 13.2 Å². The molecule has 2 aliphatic carbocycles. The van der Waals surface area contributed by atoms with Gasteiger partial charge in [0, 0.05) is 47.4 Å². The molecule has 2 aliphatic rings. The molecular weight excluding hydrogens is 456 g/mol. The number of alkyl halides is 3. The van der Waals surface area contributed by atoms with E-state index in [0.29, 0.717) is 33.5 Å². The fraction of sp³-hybridized carbons (Fsp3) is 0.400. The Morgan fingerprint density at radius 3 is 2.44 bits per heavy atom. The third kappa shape index (κ3) is 4.28. The van der Waals surface area contributed by atoms with Crippen LogP contribution in [0.4, 0.5) is 32.0 Å². The van der Waals surface area contributed by atoms with Crippen molar-refractivity contribution >= 4 is 22.3 Å². The zero-order valence-corrected chi connectivity index (χ0v) is 18.2. The maximum atomic E-state index is 14.9. The molecule has 0 aliphatic heterocycles. The van der Waals surface area contributed by atoms with Crippen molar-refractivity contribution in [2.75, 3.05) is 5.32 Å². The van der Waals surface area contributed by atoms with Crippen LogP contribution < -0.4 is 5.32 Å². The normalized spacial score (nSPS) is 24.2. The molecule has 1 spiro atoms. The van der Waals surface area contributed by atoms with Gasteiger partial charge in [0.25, 0.3) is 0 Å². The predicted molar refractivity (Wildman–Crippen MR) is 117 cm³/mol. The average molecular weight is 479 g/mol. The lowest BCUT2D eigenvalue weighted by molar-refractivity contribution is -0.145. The Labute approximate surface area is 192 Å². The second-order valence-electron chi connectivity index (χ2n) is 9.74. The molecule has 0 amide bonds. The average Bonchev–Trinajstić information content (AvgIpc) is 3.07. The van der Waals surface area contributed by atoms with Crippen LogP contribution >= 0.6 is 0 Å². The highest BCUT2D eigenvalue weighted by Crippen LogP contribution is 2.65. The Hall–Kier alpha value is -2.97. The van der Waals surface area contributed by atoms with Gasteiger partial charge in [-0.15, -0.1) is 0 Å². The number of anilines is 1. The second-order valence-corrected chi connectivity index (χ2v) is 9.74. The molecule has 0 atom stereocenters. The largest absolute Gasteiger partial charge is 0.389 e. The van der Waals surface area contributed by atoms with Gasteiger partial charge in [0.05, 0.1) is 16.9 Å². The van der Waals surface area contributed by atoms with E-state index in [4.69, 9.17) is 0 Å². The number of H-pyrrole nitrogens is 1. The Bertz CT molecular complexity index is 1250. The van der Waals surface area contributed by atoms with E-state index in [-0.39, 0.29) is 23.7 Å². The van der Waals surface area contributed by atoms with Crippen LogP contribution in [0.2, 0.25) is 0 Å². The number of hydrogen-bond acceptors (Lipinski definition) is 2. The van der Waals surface area contributed by atoms with E-state index >= 15 is 0 Å². The molecular formula is C25H23F6N3. The van der Waals surface area contributed by atoms with Gasteiger partial charge in [-0.05, 0) is 55.6 Å². The fourth-order valence-corrected chi connectivity index (χ4v) is 5.62. The number of fused-ring (bicyclic) bond motifs is 1. The number of rotatable bonds is 6. The van der Waals surface area contributed by atoms with Crippen molar-refractivity contribution in [2.45, 2.75) is 50.6 Å². The van der Waals surface area contributed by atoms with E-state index in [2.05, 4.69) is 21.9 Å². The number of aromatic nitrogens is 2. The summed E-state index contributed by atoms with van der Waals surface area (Å²) in [5.74, 6) is -2.33. The lowest BCUT2D eigenvalue weighted by atomic mass is 9.47. The van der Waals surface area contributed by atoms with Crippen LogP contribution in [0.25, 0.3) is 16.6 Å². The van der Waals surface area contributed by atoms with Crippen LogP contribution in [0.5, 0.6) is 0 Å². The van der Waals surface area contributed by atoms with Crippen molar-refractivity contribution in [1.29, 1.82) is 0 Å². The van der Waals surface area contributed by atoms with Crippen molar-refractivity contribution in [2.24, 2.45) is 11.3 Å². The molecule has 9 heteroatoms. The molecule has 0 bridgehead atoms. The van der Waals surface area contributed by atoms with Crippen molar-refractivity contribution in [3.63, 3.8) is 0 Å². The van der Waals surface area contributed by atoms with Crippen molar-refractivity contribution in [3.05, 3.63) is 65.9 Å². The molecule has 34 heavy (non-hydrogen) atoms. The van der Waals surface area contributed by atoms with Crippen LogP contribution in [0, 0.1) is 28.8 Å². The van der Waals surface area contributed by atoms with E-state index in [1.807, 2.05) is 0 Å². The number of halogens is 6. The molecule has 2 saturated carbocycles. The summed E-state index contributed by atoms with van der Waals surface area (Å²) in [4.78, 5) is 7.15. The summed E-state index contributed by atoms with van der Waals surface area (Å²) in [5.41, 5.74) is 2.05. The molecule has 5 rings (SSSR count). The van der Waals surface area contributed by atoms with E-state index in [9.17, 15) is 26.3 Å². The lowest BCUT2D eigenvalue weighted by Crippen LogP contribution is -2.47. The monoisotopic (exact) mass is 479 g/mol. The highest BCUT2D eigenvalue weighted by molar-refractivity contribution is 5.96. The molecule has 3 nitrogen and oxygen atoms in total. The molecule has 2 aromatic heterocycles. The summed E-state index contributed by atoms with van der Waals surface area (Å²) in [5, 5.41) is 3.42. The van der Waals surface area contributed by atoms with Gasteiger partial charge in [-0.1, -0.05) is 6.58 Å². The summed E-state index contributed by atoms with van der Waals surface area (Å²) < 4.78 is 79.1. The number of nitrogens with one attached hydrogen (secondary N) is 2. The second kappa shape index (κ2) is 8.06. The molecule has 0 unspecified atom stereocenters. The quantitative estimate of drug-likeness (QED) is 0.356. The van der Waals surface area contributed by atoms with Gasteiger partial charge in [0.1, 0.15) is 5.82 Å². The first-order valence-electron chi connectivity index (χ1n) is 11.2. The zero-order chi connectivity index (χ0) is 24.3. The molecule has 2 N–H and O–H groups in total. The van der Waals surface area contributed by atoms with E-state index in [1.165, 1.54) is 12.3 Å². The molecule has 0 saturated heterocycles. The van der Waals surface area contributed by atoms with Crippen molar-refractivity contribution in [3.8, 4) is 0 Å². The van der Waals surface area contributed by atoms with Crippen LogP contribution in [0.15, 0.2) is 37.2 Å².